The summed E-state index contributed by atoms with van der Waals surface area (Å²) in [6, 6.07) is 14.2. The van der Waals surface area contributed by atoms with Gasteiger partial charge in [-0.25, -0.2) is 0 Å². The van der Waals surface area contributed by atoms with Gasteiger partial charge in [-0.15, -0.1) is 0 Å². The monoisotopic (exact) mass is 359 g/mol. The first-order valence-corrected chi connectivity index (χ1v) is 10.1. The summed E-state index contributed by atoms with van der Waals surface area (Å²) >= 11 is 0. The van der Waals surface area contributed by atoms with Crippen LogP contribution in [0.5, 0.6) is 0 Å². The molecule has 0 unspecified atom stereocenters. The highest BCUT2D eigenvalue weighted by Gasteiger charge is 2.19. The van der Waals surface area contributed by atoms with Gasteiger partial charge < -0.3 is 15.2 Å². The zero-order chi connectivity index (χ0) is 18.2. The first-order valence-electron chi connectivity index (χ1n) is 10.1. The Labute approximate surface area is 159 Å². The lowest BCUT2D eigenvalue weighted by atomic mass is 9.95. The lowest BCUT2D eigenvalue weighted by Gasteiger charge is -2.21. The number of nitrogens with zero attached hydrogens (tertiary/aromatic N) is 1. The molecule has 0 saturated carbocycles. The van der Waals surface area contributed by atoms with E-state index in [2.05, 4.69) is 33.4 Å². The molecule has 5 rings (SSSR count). The molecule has 2 aromatic carbocycles. The van der Waals surface area contributed by atoms with Crippen molar-refractivity contribution in [2.75, 3.05) is 23.3 Å². The fraction of sp³-hybridized carbons (Fsp3) is 0.348. The Balaban J connectivity index is 1.45. The number of aryl methyl sites for hydroxylation is 2. The Morgan fingerprint density at radius 1 is 0.963 bits per heavy atom. The molecule has 2 aliphatic rings. The summed E-state index contributed by atoms with van der Waals surface area (Å²) in [7, 11) is 0. The normalized spacial score (nSPS) is 16.5. The van der Waals surface area contributed by atoms with Crippen molar-refractivity contribution in [1.82, 2.24) is 4.98 Å². The first kappa shape index (κ1) is 16.4. The predicted molar refractivity (Wildman–Crippen MR) is 111 cm³/mol. The first-order chi connectivity index (χ1) is 13.3. The van der Waals surface area contributed by atoms with E-state index >= 15 is 0 Å². The summed E-state index contributed by atoms with van der Waals surface area (Å²) in [5.41, 5.74) is 6.67. The molecule has 1 saturated heterocycles. The number of carbonyl (C=O) groups is 1. The van der Waals surface area contributed by atoms with Gasteiger partial charge in [-0.1, -0.05) is 12.1 Å². The zero-order valence-corrected chi connectivity index (χ0v) is 15.6. The van der Waals surface area contributed by atoms with Crippen LogP contribution in [0.2, 0.25) is 0 Å². The Kier molecular flexibility index (Phi) is 4.12. The molecule has 2 N–H and O–H groups in total. The molecule has 4 heteroatoms. The number of anilines is 2. The van der Waals surface area contributed by atoms with Gasteiger partial charge in [0.25, 0.3) is 5.91 Å². The molecule has 3 aromatic rings. The standard InChI is InChI=1S/C23H25N3O/c27-23(25-21-9-3-4-10-22(21)26-13-5-6-14-26)16-11-12-20-18(15-16)17-7-1-2-8-19(17)24-20/h3-4,9-12,15,24H,1-2,5-8,13-14H2,(H,25,27). The Morgan fingerprint density at radius 2 is 1.78 bits per heavy atom. The van der Waals surface area contributed by atoms with Crippen molar-refractivity contribution in [3.63, 3.8) is 0 Å². The number of hydrogen-bond donors (Lipinski definition) is 2. The van der Waals surface area contributed by atoms with Gasteiger partial charge in [-0.05, 0) is 74.4 Å². The number of H-pyrrole nitrogens is 1. The van der Waals surface area contributed by atoms with Gasteiger partial charge in [-0.2, -0.15) is 0 Å². The molecular weight excluding hydrogens is 334 g/mol. The average molecular weight is 359 g/mol. The van der Waals surface area contributed by atoms with Crippen LogP contribution in [-0.4, -0.2) is 24.0 Å². The number of nitrogens with one attached hydrogen (secondary N) is 2. The average Bonchev–Trinajstić information content (AvgIpc) is 3.36. The molecule has 2 heterocycles. The summed E-state index contributed by atoms with van der Waals surface area (Å²) in [6.45, 7) is 2.13. The van der Waals surface area contributed by atoms with Crippen LogP contribution < -0.4 is 10.2 Å². The number of para-hydroxylation sites is 2. The number of benzene rings is 2. The molecule has 1 aliphatic carbocycles. The van der Waals surface area contributed by atoms with Crippen LogP contribution in [0.4, 0.5) is 11.4 Å². The molecule has 0 bridgehead atoms. The topological polar surface area (TPSA) is 48.1 Å². The van der Waals surface area contributed by atoms with E-state index in [0.717, 1.165) is 48.4 Å². The maximum absolute atomic E-state index is 13.0. The van der Waals surface area contributed by atoms with Gasteiger partial charge in [0.2, 0.25) is 0 Å². The summed E-state index contributed by atoms with van der Waals surface area (Å²) in [4.78, 5) is 18.9. The van der Waals surface area contributed by atoms with E-state index in [-0.39, 0.29) is 5.91 Å². The lowest BCUT2D eigenvalue weighted by molar-refractivity contribution is 0.102. The Hall–Kier alpha value is -2.75. The molecular formula is C23H25N3O. The summed E-state index contributed by atoms with van der Waals surface area (Å²) < 4.78 is 0. The van der Waals surface area contributed by atoms with E-state index in [1.807, 2.05) is 24.3 Å². The van der Waals surface area contributed by atoms with E-state index in [9.17, 15) is 4.79 Å². The van der Waals surface area contributed by atoms with Crippen LogP contribution in [0.1, 0.15) is 47.3 Å². The number of hydrogen-bond acceptors (Lipinski definition) is 2. The number of aromatic nitrogens is 1. The maximum atomic E-state index is 13.0. The van der Waals surface area contributed by atoms with Gasteiger partial charge in [0, 0.05) is 35.2 Å². The quantitative estimate of drug-likeness (QED) is 0.699. The highest BCUT2D eigenvalue weighted by atomic mass is 16.1. The third-order valence-electron chi connectivity index (χ3n) is 5.96. The number of fused-ring (bicyclic) bond motifs is 3. The fourth-order valence-electron chi connectivity index (χ4n) is 4.55. The fourth-order valence-corrected chi connectivity index (χ4v) is 4.55. The van der Waals surface area contributed by atoms with Crippen molar-refractivity contribution in [2.24, 2.45) is 0 Å². The van der Waals surface area contributed by atoms with Gasteiger partial charge in [0.05, 0.1) is 11.4 Å². The third kappa shape index (κ3) is 2.99. The minimum absolute atomic E-state index is 0.0330. The summed E-state index contributed by atoms with van der Waals surface area (Å²) in [6.07, 6.45) is 7.15. The van der Waals surface area contributed by atoms with E-state index < -0.39 is 0 Å². The van der Waals surface area contributed by atoms with Crippen LogP contribution >= 0.6 is 0 Å². The van der Waals surface area contributed by atoms with Crippen LogP contribution in [0.3, 0.4) is 0 Å². The molecule has 0 spiro atoms. The van der Waals surface area contributed by atoms with E-state index in [1.54, 1.807) is 0 Å². The van der Waals surface area contributed by atoms with Crippen LogP contribution in [-0.2, 0) is 12.8 Å². The summed E-state index contributed by atoms with van der Waals surface area (Å²) in [5, 5.41) is 4.36. The van der Waals surface area contributed by atoms with Crippen molar-refractivity contribution in [2.45, 2.75) is 38.5 Å². The van der Waals surface area contributed by atoms with Gasteiger partial charge >= 0.3 is 0 Å². The van der Waals surface area contributed by atoms with Crippen LogP contribution in [0, 0.1) is 0 Å². The molecule has 4 nitrogen and oxygen atoms in total. The second kappa shape index (κ2) is 6.76. The second-order valence-electron chi connectivity index (χ2n) is 7.72. The second-order valence-corrected chi connectivity index (χ2v) is 7.72. The highest BCUT2D eigenvalue weighted by Crippen LogP contribution is 2.31. The minimum atomic E-state index is -0.0330. The van der Waals surface area contributed by atoms with E-state index in [4.69, 9.17) is 0 Å². The lowest BCUT2D eigenvalue weighted by Crippen LogP contribution is -2.21. The number of rotatable bonds is 3. The zero-order valence-electron chi connectivity index (χ0n) is 15.6. The molecule has 1 amide bonds. The number of carbonyl (C=O) groups excluding carboxylic acids is 1. The van der Waals surface area contributed by atoms with Crippen molar-refractivity contribution in [3.05, 3.63) is 59.3 Å². The van der Waals surface area contributed by atoms with Crippen molar-refractivity contribution < 1.29 is 4.79 Å². The molecule has 1 aromatic heterocycles. The highest BCUT2D eigenvalue weighted by molar-refractivity contribution is 6.08. The van der Waals surface area contributed by atoms with E-state index in [1.165, 1.54) is 42.3 Å². The van der Waals surface area contributed by atoms with Crippen LogP contribution in [0.25, 0.3) is 10.9 Å². The number of amides is 1. The molecule has 27 heavy (non-hydrogen) atoms. The predicted octanol–water partition coefficient (Wildman–Crippen LogP) is 4.90. The smallest absolute Gasteiger partial charge is 0.255 e. The molecule has 138 valence electrons. The Morgan fingerprint density at radius 3 is 2.67 bits per heavy atom. The van der Waals surface area contributed by atoms with Gasteiger partial charge in [0.1, 0.15) is 0 Å². The largest absolute Gasteiger partial charge is 0.370 e. The van der Waals surface area contributed by atoms with Crippen molar-refractivity contribution in [1.29, 1.82) is 0 Å². The molecule has 0 atom stereocenters. The maximum Gasteiger partial charge on any atom is 0.255 e. The summed E-state index contributed by atoms with van der Waals surface area (Å²) in [5.74, 6) is -0.0330. The van der Waals surface area contributed by atoms with E-state index in [0.29, 0.717) is 0 Å². The molecule has 1 aliphatic heterocycles. The molecule has 1 fully saturated rings. The third-order valence-corrected chi connectivity index (χ3v) is 5.96. The van der Waals surface area contributed by atoms with Crippen molar-refractivity contribution >= 4 is 28.2 Å². The van der Waals surface area contributed by atoms with Crippen molar-refractivity contribution in [3.8, 4) is 0 Å². The minimum Gasteiger partial charge on any atom is -0.370 e. The molecule has 0 radical (unpaired) electrons. The van der Waals surface area contributed by atoms with Gasteiger partial charge in [-0.3, -0.25) is 4.79 Å². The van der Waals surface area contributed by atoms with Gasteiger partial charge in [0.15, 0.2) is 0 Å². The SMILES string of the molecule is O=C(Nc1ccccc1N1CCCC1)c1ccc2[nH]c3c(c2c1)CCCC3. The Bertz CT molecular complexity index is 998. The number of aromatic amines is 1. The van der Waals surface area contributed by atoms with Crippen LogP contribution in [0.15, 0.2) is 42.5 Å².